The maximum atomic E-state index is 2.46. The molecule has 0 aliphatic carbocycles. The van der Waals surface area contributed by atoms with Gasteiger partial charge >= 0.3 is 0 Å². The maximum Gasteiger partial charge on any atom is 0.103 e. The molecule has 2 heteroatoms. The Balaban J connectivity index is 3.28. The first-order valence-corrected chi connectivity index (χ1v) is 11.4. The molecule has 1 aromatic carbocycles. The first-order valence-electron chi connectivity index (χ1n) is 6.20. The summed E-state index contributed by atoms with van der Waals surface area (Å²) in [5.74, 6) is 0. The van der Waals surface area contributed by atoms with Crippen molar-refractivity contribution in [2.45, 2.75) is 72.0 Å². The highest BCUT2D eigenvalue weighted by Crippen LogP contribution is 2.47. The van der Waals surface area contributed by atoms with Crippen LogP contribution in [0.1, 0.15) is 52.7 Å². The maximum absolute atomic E-state index is 2.46. The molecule has 16 heavy (non-hydrogen) atoms. The Morgan fingerprint density at radius 1 is 0.750 bits per heavy atom. The van der Waals surface area contributed by atoms with Crippen molar-refractivity contribution in [2.75, 3.05) is 0 Å². The molecule has 0 saturated carbocycles. The minimum atomic E-state index is -1.01. The molecule has 1 rings (SSSR count). The lowest BCUT2D eigenvalue weighted by Gasteiger charge is -2.18. The van der Waals surface area contributed by atoms with Crippen LogP contribution in [-0.2, 0) is 10.8 Å². The molecular weight excluding hydrogens is 227 g/mol. The zero-order valence-corrected chi connectivity index (χ0v) is 14.3. The molecule has 0 bridgehead atoms. The molecule has 1 aromatic rings. The highest BCUT2D eigenvalue weighted by atomic mass is 31.3. The van der Waals surface area contributed by atoms with Crippen LogP contribution in [0.5, 0.6) is 0 Å². The van der Waals surface area contributed by atoms with Gasteiger partial charge in [-0.15, -0.1) is 7.75 Å². The van der Waals surface area contributed by atoms with Crippen LogP contribution in [-0.4, -0.2) is 7.74 Å². The minimum Gasteiger partial charge on any atom is -0.119 e. The van der Waals surface area contributed by atoms with Gasteiger partial charge in [0.1, 0.15) is 7.74 Å². The molecule has 92 valence electrons. The Bertz CT molecular complexity index is 369. The van der Waals surface area contributed by atoms with Crippen molar-refractivity contribution < 1.29 is 0 Å². The first kappa shape index (κ1) is 14.2. The van der Waals surface area contributed by atoms with E-state index in [1.165, 1.54) is 0 Å². The second kappa shape index (κ2) is 3.82. The van der Waals surface area contributed by atoms with E-state index < -0.39 is 7.74 Å². The number of hydrogen-bond acceptors (Lipinski definition) is 0. The van der Waals surface area contributed by atoms with Gasteiger partial charge in [0.15, 0.2) is 0 Å². The van der Waals surface area contributed by atoms with Crippen molar-refractivity contribution in [3.63, 3.8) is 0 Å². The van der Waals surface area contributed by atoms with E-state index in [4.69, 9.17) is 0 Å². The Hall–Kier alpha value is 0.127. The zero-order chi connectivity index (χ0) is 12.9. The second-order valence-corrected chi connectivity index (χ2v) is 17.6. The van der Waals surface area contributed by atoms with Gasteiger partial charge in [-0.3, -0.25) is 0 Å². The third kappa shape index (κ3) is 3.31. The van der Waals surface area contributed by atoms with E-state index in [1.807, 2.05) is 0 Å². The lowest BCUT2D eigenvalue weighted by atomic mass is 9.86. The molecule has 0 nitrogen and oxygen atoms in total. The van der Waals surface area contributed by atoms with Gasteiger partial charge in [0.2, 0.25) is 0 Å². The summed E-state index contributed by atoms with van der Waals surface area (Å²) in [7, 11) is 0.631. The van der Waals surface area contributed by atoms with Crippen molar-refractivity contribution >= 4 is 15.5 Å². The topological polar surface area (TPSA) is 0 Å². The van der Waals surface area contributed by atoms with Crippen molar-refractivity contribution in [1.29, 1.82) is 0 Å². The number of rotatable bonds is 1. The van der Waals surface area contributed by atoms with E-state index >= 15 is 0 Å². The van der Waals surface area contributed by atoms with Crippen LogP contribution in [0.4, 0.5) is 0 Å². The summed E-state index contributed by atoms with van der Waals surface area (Å²) in [6, 6.07) is 0. The second-order valence-electron chi connectivity index (χ2n) is 7.88. The lowest BCUT2D eigenvalue weighted by Crippen LogP contribution is -2.12. The third-order valence-electron chi connectivity index (χ3n) is 2.61. The lowest BCUT2D eigenvalue weighted by molar-refractivity contribution is 0.563. The fraction of sp³-hybridized carbons (Fsp3) is 0.786. The van der Waals surface area contributed by atoms with Gasteiger partial charge in [0.25, 0.3) is 0 Å². The fourth-order valence-corrected chi connectivity index (χ4v) is 6.50. The normalized spacial score (nSPS) is 15.1. The highest BCUT2D eigenvalue weighted by Gasteiger charge is 2.36. The zero-order valence-electron chi connectivity index (χ0n) is 12.4. The van der Waals surface area contributed by atoms with E-state index in [0.29, 0.717) is 10.8 Å². The summed E-state index contributed by atoms with van der Waals surface area (Å²) in [5, 5.41) is 0. The van der Waals surface area contributed by atoms with Crippen LogP contribution in [0.3, 0.4) is 0 Å². The van der Waals surface area contributed by atoms with Gasteiger partial charge < -0.3 is 0 Å². The molecule has 0 fully saturated rings. The van der Waals surface area contributed by atoms with Gasteiger partial charge in [-0.25, -0.2) is 0 Å². The summed E-state index contributed by atoms with van der Waals surface area (Å²) in [6.07, 6.45) is 0. The SMILES string of the molecule is CC(C)(C)c1c(C(C)(C)C)c1=P[Si](C)(C)C. The van der Waals surface area contributed by atoms with E-state index in [9.17, 15) is 0 Å². The summed E-state index contributed by atoms with van der Waals surface area (Å²) >= 11 is 0. The molecule has 0 amide bonds. The molecule has 0 atom stereocenters. The average Bonchev–Trinajstić information content (AvgIpc) is 2.54. The van der Waals surface area contributed by atoms with Crippen molar-refractivity contribution in [3.8, 4) is 0 Å². The molecule has 0 radical (unpaired) electrons. The highest BCUT2D eigenvalue weighted by molar-refractivity contribution is 7.75. The van der Waals surface area contributed by atoms with Gasteiger partial charge in [-0.05, 0) is 22.0 Å². The quantitative estimate of drug-likeness (QED) is 0.460. The molecule has 0 aliphatic rings. The fourth-order valence-electron chi connectivity index (χ4n) is 2.09. The van der Waals surface area contributed by atoms with Crippen LogP contribution in [0.25, 0.3) is 0 Å². The molecule has 0 spiro atoms. The van der Waals surface area contributed by atoms with Crippen LogP contribution in [0.15, 0.2) is 0 Å². The smallest absolute Gasteiger partial charge is 0.103 e. The Morgan fingerprint density at radius 3 is 1.25 bits per heavy atom. The summed E-state index contributed by atoms with van der Waals surface area (Å²) in [6.45, 7) is 21.5. The van der Waals surface area contributed by atoms with Gasteiger partial charge in [-0.1, -0.05) is 61.2 Å². The Labute approximate surface area is 104 Å². The van der Waals surface area contributed by atoms with E-state index in [0.717, 1.165) is 0 Å². The molecular formula is C14H27PSi. The Morgan fingerprint density at radius 2 is 1.06 bits per heavy atom. The van der Waals surface area contributed by atoms with Crippen molar-refractivity contribution in [2.24, 2.45) is 0 Å². The van der Waals surface area contributed by atoms with Gasteiger partial charge in [0.05, 0.1) is 0 Å². The molecule has 0 saturated heterocycles. The molecule has 0 N–H and O–H groups in total. The van der Waals surface area contributed by atoms with E-state index in [2.05, 4.69) is 61.2 Å². The first-order chi connectivity index (χ1) is 6.84. The third-order valence-corrected chi connectivity index (χ3v) is 6.63. The minimum absolute atomic E-state index is 0.338. The summed E-state index contributed by atoms with van der Waals surface area (Å²) < 4.78 is 0. The molecule has 0 aliphatic heterocycles. The van der Waals surface area contributed by atoms with Crippen molar-refractivity contribution in [3.05, 3.63) is 16.1 Å². The average molecular weight is 254 g/mol. The summed E-state index contributed by atoms with van der Waals surface area (Å²) in [5.41, 5.74) is 4.02. The standard InChI is InChI=1S/C14H27PSi/c1-13(2,3)10-11(14(4,5)6)12(10)15-16(7,8)9/h1-9H3. The van der Waals surface area contributed by atoms with Crippen LogP contribution >= 0.6 is 7.75 Å². The van der Waals surface area contributed by atoms with Gasteiger partial charge in [0, 0.05) is 4.94 Å². The van der Waals surface area contributed by atoms with Crippen molar-refractivity contribution in [1.82, 2.24) is 0 Å². The number of hydrogen-bond donors (Lipinski definition) is 0. The van der Waals surface area contributed by atoms with E-state index in [1.54, 1.807) is 23.8 Å². The van der Waals surface area contributed by atoms with Gasteiger partial charge in [-0.2, -0.15) is 0 Å². The van der Waals surface area contributed by atoms with Crippen LogP contribution < -0.4 is 0 Å². The molecule has 0 heterocycles. The monoisotopic (exact) mass is 254 g/mol. The predicted octanol–water partition coefficient (Wildman–Crippen LogP) is 5.47. The molecule has 0 aromatic heterocycles. The summed E-state index contributed by atoms with van der Waals surface area (Å²) in [4.78, 5) is 1.69. The Kier molecular flexibility index (Phi) is 3.38. The largest absolute Gasteiger partial charge is 0.119 e. The van der Waals surface area contributed by atoms with E-state index in [-0.39, 0.29) is 0 Å². The predicted molar refractivity (Wildman–Crippen MR) is 79.7 cm³/mol. The van der Waals surface area contributed by atoms with Crippen LogP contribution in [0, 0.1) is 4.94 Å². The molecule has 0 unspecified atom stereocenters. The van der Waals surface area contributed by atoms with Crippen LogP contribution in [0.2, 0.25) is 19.6 Å².